The first-order valence-electron chi connectivity index (χ1n) is 2.63. The Balaban J connectivity index is 2.14. The highest BCUT2D eigenvalue weighted by Crippen LogP contribution is 2.12. The van der Waals surface area contributed by atoms with Gasteiger partial charge in [-0.3, -0.25) is 0 Å². The van der Waals surface area contributed by atoms with Crippen LogP contribution in [0, 0.1) is 0 Å². The summed E-state index contributed by atoms with van der Waals surface area (Å²) >= 11 is 0. The molecule has 0 aromatic rings. The summed E-state index contributed by atoms with van der Waals surface area (Å²) in [5.74, 6) is 0. The predicted octanol–water partition coefficient (Wildman–Crippen LogP) is 1.09. The van der Waals surface area contributed by atoms with E-state index in [2.05, 4.69) is 6.30 Å². The van der Waals surface area contributed by atoms with Gasteiger partial charge in [0, 0.05) is 21.5 Å². The molecule has 1 rings (SSSR count). The van der Waals surface area contributed by atoms with Gasteiger partial charge in [-0.2, -0.15) is 0 Å². The highest BCUT2D eigenvalue weighted by Gasteiger charge is 2.14. The van der Waals surface area contributed by atoms with Crippen molar-refractivity contribution in [3.8, 4) is 0 Å². The molecule has 0 spiro atoms. The fraction of sp³-hybridized carbons (Fsp3) is 0.800. The molecule has 0 aromatic carbocycles. The minimum absolute atomic E-state index is 0.314. The number of rotatable bonds is 2. The lowest BCUT2D eigenvalue weighted by atomic mass is 10.3. The van der Waals surface area contributed by atoms with Gasteiger partial charge >= 0.3 is 0 Å². The molecule has 2 nitrogen and oxygen atoms in total. The van der Waals surface area contributed by atoms with Gasteiger partial charge in [-0.25, -0.2) is 0 Å². The SMILES string of the molecule is C=POC1CCOC1. The number of ether oxygens (including phenoxy) is 1. The highest BCUT2D eigenvalue weighted by atomic mass is 31.1. The molecule has 46 valence electrons. The third-order valence-electron chi connectivity index (χ3n) is 1.11. The molecule has 1 aliphatic heterocycles. The molecule has 1 heterocycles. The molecule has 1 aliphatic rings. The Labute approximate surface area is 50.7 Å². The molecule has 0 radical (unpaired) electrons. The van der Waals surface area contributed by atoms with Crippen molar-refractivity contribution in [3.63, 3.8) is 0 Å². The topological polar surface area (TPSA) is 18.5 Å². The monoisotopic (exact) mass is 132 g/mol. The lowest BCUT2D eigenvalue weighted by Crippen LogP contribution is -2.04. The summed E-state index contributed by atoms with van der Waals surface area (Å²) in [7, 11) is 0.765. The Kier molecular flexibility index (Phi) is 2.47. The van der Waals surface area contributed by atoms with Crippen molar-refractivity contribution < 1.29 is 9.26 Å². The molecule has 0 N–H and O–H groups in total. The van der Waals surface area contributed by atoms with E-state index in [0.29, 0.717) is 6.10 Å². The Hall–Kier alpha value is 0.0900. The summed E-state index contributed by atoms with van der Waals surface area (Å²) in [5.41, 5.74) is 0. The van der Waals surface area contributed by atoms with Gasteiger partial charge in [0.05, 0.1) is 12.7 Å². The normalized spacial score (nSPS) is 29.2. The highest BCUT2D eigenvalue weighted by molar-refractivity contribution is 7.31. The van der Waals surface area contributed by atoms with Crippen molar-refractivity contribution in [2.75, 3.05) is 13.2 Å². The fourth-order valence-corrected chi connectivity index (χ4v) is 1.08. The van der Waals surface area contributed by atoms with Gasteiger partial charge in [-0.05, 0) is 6.30 Å². The van der Waals surface area contributed by atoms with E-state index in [-0.39, 0.29) is 0 Å². The van der Waals surface area contributed by atoms with Gasteiger partial charge in [0.1, 0.15) is 0 Å². The van der Waals surface area contributed by atoms with E-state index >= 15 is 0 Å². The molecule has 0 bridgehead atoms. The number of hydrogen-bond acceptors (Lipinski definition) is 2. The molecule has 0 aliphatic carbocycles. The summed E-state index contributed by atoms with van der Waals surface area (Å²) < 4.78 is 10.2. The van der Waals surface area contributed by atoms with Crippen LogP contribution in [0.2, 0.25) is 0 Å². The van der Waals surface area contributed by atoms with E-state index < -0.39 is 0 Å². The lowest BCUT2D eigenvalue weighted by Gasteiger charge is -2.00. The molecule has 3 heteroatoms. The van der Waals surface area contributed by atoms with E-state index in [1.807, 2.05) is 0 Å². The van der Waals surface area contributed by atoms with E-state index in [4.69, 9.17) is 9.26 Å². The zero-order chi connectivity index (χ0) is 5.82. The summed E-state index contributed by atoms with van der Waals surface area (Å²) in [5, 5.41) is 0. The van der Waals surface area contributed by atoms with Crippen LogP contribution in [0.5, 0.6) is 0 Å². The molecule has 8 heavy (non-hydrogen) atoms. The molecular weight excluding hydrogens is 123 g/mol. The third-order valence-corrected chi connectivity index (χ3v) is 1.56. The summed E-state index contributed by atoms with van der Waals surface area (Å²) in [6, 6.07) is 0. The smallest absolute Gasteiger partial charge is 0.0938 e. The van der Waals surface area contributed by atoms with Crippen LogP contribution >= 0.6 is 8.43 Å². The Morgan fingerprint density at radius 1 is 1.75 bits per heavy atom. The van der Waals surface area contributed by atoms with Crippen LogP contribution in [0.1, 0.15) is 6.42 Å². The maximum Gasteiger partial charge on any atom is 0.0938 e. The van der Waals surface area contributed by atoms with Gasteiger partial charge < -0.3 is 9.26 Å². The summed E-state index contributed by atoms with van der Waals surface area (Å²) in [6.07, 6.45) is 4.89. The van der Waals surface area contributed by atoms with E-state index in [0.717, 1.165) is 28.1 Å². The van der Waals surface area contributed by atoms with Crippen LogP contribution in [0.25, 0.3) is 0 Å². The molecular formula is C5H9O2P. The van der Waals surface area contributed by atoms with Gasteiger partial charge in [-0.15, -0.1) is 0 Å². The van der Waals surface area contributed by atoms with E-state index in [9.17, 15) is 0 Å². The zero-order valence-electron chi connectivity index (χ0n) is 4.67. The predicted molar refractivity (Wildman–Crippen MR) is 34.4 cm³/mol. The first-order valence-corrected chi connectivity index (χ1v) is 3.63. The van der Waals surface area contributed by atoms with Gasteiger partial charge in [-0.1, -0.05) is 0 Å². The Morgan fingerprint density at radius 2 is 2.62 bits per heavy atom. The molecule has 0 saturated carbocycles. The van der Waals surface area contributed by atoms with Crippen LogP contribution in [-0.4, -0.2) is 25.6 Å². The van der Waals surface area contributed by atoms with Gasteiger partial charge in [0.2, 0.25) is 0 Å². The molecule has 1 saturated heterocycles. The van der Waals surface area contributed by atoms with Crippen molar-refractivity contribution in [1.82, 2.24) is 0 Å². The van der Waals surface area contributed by atoms with Crippen molar-refractivity contribution in [2.24, 2.45) is 0 Å². The Morgan fingerprint density at radius 3 is 3.12 bits per heavy atom. The Bertz CT molecular complexity index is 78.5. The zero-order valence-corrected chi connectivity index (χ0v) is 5.56. The average molecular weight is 132 g/mol. The maximum atomic E-state index is 5.14. The van der Waals surface area contributed by atoms with Crippen LogP contribution in [0.15, 0.2) is 0 Å². The minimum Gasteiger partial charge on any atom is -0.379 e. The molecule has 1 atom stereocenters. The minimum atomic E-state index is 0.314. The fourth-order valence-electron chi connectivity index (χ4n) is 0.701. The standard InChI is InChI=1S/C5H9O2P/c1-8-7-5-2-3-6-4-5/h5H,1-4H2. The number of hydrogen-bond donors (Lipinski definition) is 0. The quantitative estimate of drug-likeness (QED) is 0.523. The van der Waals surface area contributed by atoms with Crippen molar-refractivity contribution in [3.05, 3.63) is 0 Å². The van der Waals surface area contributed by atoms with E-state index in [1.54, 1.807) is 0 Å². The molecule has 1 fully saturated rings. The van der Waals surface area contributed by atoms with Crippen LogP contribution < -0.4 is 0 Å². The lowest BCUT2D eigenvalue weighted by molar-refractivity contribution is 0.153. The average Bonchev–Trinajstić information content (AvgIpc) is 2.19. The second-order valence-corrected chi connectivity index (χ2v) is 2.19. The second-order valence-electron chi connectivity index (χ2n) is 1.72. The molecule has 1 unspecified atom stereocenters. The maximum absolute atomic E-state index is 5.14. The largest absolute Gasteiger partial charge is 0.379 e. The molecule has 0 aromatic heterocycles. The van der Waals surface area contributed by atoms with Crippen molar-refractivity contribution >= 4 is 14.7 Å². The van der Waals surface area contributed by atoms with Crippen LogP contribution in [0.4, 0.5) is 0 Å². The third kappa shape index (κ3) is 1.55. The van der Waals surface area contributed by atoms with Crippen LogP contribution in [-0.2, 0) is 9.26 Å². The molecule has 0 amide bonds. The van der Waals surface area contributed by atoms with Crippen molar-refractivity contribution in [2.45, 2.75) is 12.5 Å². The van der Waals surface area contributed by atoms with Crippen molar-refractivity contribution in [1.29, 1.82) is 0 Å². The van der Waals surface area contributed by atoms with Crippen LogP contribution in [0.3, 0.4) is 0 Å². The van der Waals surface area contributed by atoms with Gasteiger partial charge in [0.15, 0.2) is 0 Å². The second kappa shape index (κ2) is 3.18. The summed E-state index contributed by atoms with van der Waals surface area (Å²) in [4.78, 5) is 0. The first-order chi connectivity index (χ1) is 3.93. The van der Waals surface area contributed by atoms with E-state index in [1.165, 1.54) is 0 Å². The first kappa shape index (κ1) is 6.21. The van der Waals surface area contributed by atoms with Gasteiger partial charge in [0.25, 0.3) is 0 Å². The summed E-state index contributed by atoms with van der Waals surface area (Å²) in [6.45, 7) is 1.60.